The standard InChI is InChI=1S/C17H25NO4/c1-18(9-6-13-7-10-22-11-8-13)17(19)15-5-4-14(20-2)12-16(15)21-3/h4-5,12-13H,6-11H2,1-3H3. The van der Waals surface area contributed by atoms with Crippen molar-refractivity contribution in [1.82, 2.24) is 4.90 Å². The van der Waals surface area contributed by atoms with E-state index in [-0.39, 0.29) is 5.91 Å². The van der Waals surface area contributed by atoms with Crippen LogP contribution in [0.25, 0.3) is 0 Å². The Hall–Kier alpha value is -1.75. The van der Waals surface area contributed by atoms with E-state index in [9.17, 15) is 4.79 Å². The molecule has 1 aromatic carbocycles. The van der Waals surface area contributed by atoms with Crippen LogP contribution in [0.3, 0.4) is 0 Å². The smallest absolute Gasteiger partial charge is 0.257 e. The van der Waals surface area contributed by atoms with Gasteiger partial charge >= 0.3 is 0 Å². The van der Waals surface area contributed by atoms with Crippen molar-refractivity contribution in [2.75, 3.05) is 41.0 Å². The summed E-state index contributed by atoms with van der Waals surface area (Å²) in [5, 5.41) is 0. The van der Waals surface area contributed by atoms with Gasteiger partial charge in [0.2, 0.25) is 0 Å². The van der Waals surface area contributed by atoms with Gasteiger partial charge in [-0.3, -0.25) is 4.79 Å². The number of rotatable bonds is 6. The minimum atomic E-state index is -0.0217. The molecule has 0 spiro atoms. The topological polar surface area (TPSA) is 48.0 Å². The minimum absolute atomic E-state index is 0.0217. The molecule has 5 heteroatoms. The quantitative estimate of drug-likeness (QED) is 0.810. The fourth-order valence-corrected chi connectivity index (χ4v) is 2.69. The van der Waals surface area contributed by atoms with Crippen molar-refractivity contribution >= 4 is 5.91 Å². The van der Waals surface area contributed by atoms with Crippen LogP contribution in [0.2, 0.25) is 0 Å². The van der Waals surface area contributed by atoms with Gasteiger partial charge in [-0.2, -0.15) is 0 Å². The maximum absolute atomic E-state index is 12.6. The Morgan fingerprint density at radius 3 is 2.64 bits per heavy atom. The summed E-state index contributed by atoms with van der Waals surface area (Å²) in [5.74, 6) is 1.86. The monoisotopic (exact) mass is 307 g/mol. The molecule has 1 aliphatic heterocycles. The van der Waals surface area contributed by atoms with Crippen LogP contribution < -0.4 is 9.47 Å². The van der Waals surface area contributed by atoms with Gasteiger partial charge in [-0.25, -0.2) is 0 Å². The molecule has 0 N–H and O–H groups in total. The number of amides is 1. The number of methoxy groups -OCH3 is 2. The van der Waals surface area contributed by atoms with Gasteiger partial charge < -0.3 is 19.1 Å². The van der Waals surface area contributed by atoms with Gasteiger partial charge in [-0.1, -0.05) is 0 Å². The first-order chi connectivity index (χ1) is 10.7. The summed E-state index contributed by atoms with van der Waals surface area (Å²) in [6.07, 6.45) is 3.20. The van der Waals surface area contributed by atoms with Crippen LogP contribution in [0.5, 0.6) is 11.5 Å². The zero-order valence-corrected chi connectivity index (χ0v) is 13.6. The van der Waals surface area contributed by atoms with E-state index in [1.165, 1.54) is 0 Å². The molecule has 0 atom stereocenters. The minimum Gasteiger partial charge on any atom is -0.497 e. The number of ether oxygens (including phenoxy) is 3. The third-order valence-corrected chi connectivity index (χ3v) is 4.20. The highest BCUT2D eigenvalue weighted by Gasteiger charge is 2.19. The molecule has 1 aliphatic rings. The molecular formula is C17H25NO4. The van der Waals surface area contributed by atoms with Crippen LogP contribution in [0.4, 0.5) is 0 Å². The van der Waals surface area contributed by atoms with Crippen LogP contribution in [0, 0.1) is 5.92 Å². The fourth-order valence-electron chi connectivity index (χ4n) is 2.69. The molecule has 1 saturated heterocycles. The van der Waals surface area contributed by atoms with Gasteiger partial charge in [-0.15, -0.1) is 0 Å². The highest BCUT2D eigenvalue weighted by molar-refractivity contribution is 5.97. The van der Waals surface area contributed by atoms with Crippen molar-refractivity contribution in [3.05, 3.63) is 23.8 Å². The molecule has 122 valence electrons. The van der Waals surface area contributed by atoms with Gasteiger partial charge in [0.1, 0.15) is 11.5 Å². The second-order valence-electron chi connectivity index (χ2n) is 5.64. The SMILES string of the molecule is COc1ccc(C(=O)N(C)CCC2CCOCC2)c(OC)c1. The number of carbonyl (C=O) groups excluding carboxylic acids is 1. The fraction of sp³-hybridized carbons (Fsp3) is 0.588. The number of benzene rings is 1. The Bertz CT molecular complexity index is 497. The summed E-state index contributed by atoms with van der Waals surface area (Å²) in [6.45, 7) is 2.43. The Balaban J connectivity index is 1.97. The molecule has 1 aromatic rings. The first-order valence-electron chi connectivity index (χ1n) is 7.71. The van der Waals surface area contributed by atoms with Crippen LogP contribution in [0.1, 0.15) is 29.6 Å². The van der Waals surface area contributed by atoms with E-state index in [4.69, 9.17) is 14.2 Å². The lowest BCUT2D eigenvalue weighted by atomic mass is 9.96. The highest BCUT2D eigenvalue weighted by atomic mass is 16.5. The van der Waals surface area contributed by atoms with Gasteiger partial charge in [-0.05, 0) is 37.3 Å². The third kappa shape index (κ3) is 4.13. The third-order valence-electron chi connectivity index (χ3n) is 4.20. The molecule has 1 fully saturated rings. The van der Waals surface area contributed by atoms with Crippen molar-refractivity contribution in [1.29, 1.82) is 0 Å². The highest BCUT2D eigenvalue weighted by Crippen LogP contribution is 2.26. The second kappa shape index (κ2) is 8.03. The van der Waals surface area contributed by atoms with Crippen molar-refractivity contribution in [2.45, 2.75) is 19.3 Å². The van der Waals surface area contributed by atoms with Crippen molar-refractivity contribution < 1.29 is 19.0 Å². The van der Waals surface area contributed by atoms with Crippen LogP contribution in [0.15, 0.2) is 18.2 Å². The molecule has 0 radical (unpaired) electrons. The van der Waals surface area contributed by atoms with Crippen molar-refractivity contribution in [2.24, 2.45) is 5.92 Å². The summed E-state index contributed by atoms with van der Waals surface area (Å²) in [6, 6.07) is 5.27. The predicted octanol–water partition coefficient (Wildman–Crippen LogP) is 2.59. The van der Waals surface area contributed by atoms with E-state index >= 15 is 0 Å². The first-order valence-corrected chi connectivity index (χ1v) is 7.71. The van der Waals surface area contributed by atoms with Crippen LogP contribution >= 0.6 is 0 Å². The summed E-state index contributed by atoms with van der Waals surface area (Å²) < 4.78 is 15.8. The van der Waals surface area contributed by atoms with E-state index in [1.807, 2.05) is 7.05 Å². The van der Waals surface area contributed by atoms with Gasteiger partial charge in [0.15, 0.2) is 0 Å². The molecule has 1 heterocycles. The Labute approximate surface area is 132 Å². The maximum atomic E-state index is 12.6. The summed E-state index contributed by atoms with van der Waals surface area (Å²) in [7, 11) is 5.00. The molecule has 0 bridgehead atoms. The molecular weight excluding hydrogens is 282 g/mol. The number of hydrogen-bond acceptors (Lipinski definition) is 4. The van der Waals surface area contributed by atoms with E-state index in [0.29, 0.717) is 23.0 Å². The van der Waals surface area contributed by atoms with E-state index in [0.717, 1.165) is 39.0 Å². The lowest BCUT2D eigenvalue weighted by Gasteiger charge is -2.25. The number of carbonyl (C=O) groups is 1. The number of hydrogen-bond donors (Lipinski definition) is 0. The molecule has 5 nitrogen and oxygen atoms in total. The number of nitrogens with zero attached hydrogens (tertiary/aromatic N) is 1. The summed E-state index contributed by atoms with van der Waals surface area (Å²) in [4.78, 5) is 14.3. The lowest BCUT2D eigenvalue weighted by molar-refractivity contribution is 0.0583. The van der Waals surface area contributed by atoms with Gasteiger partial charge in [0.25, 0.3) is 5.91 Å². The summed E-state index contributed by atoms with van der Waals surface area (Å²) in [5.41, 5.74) is 0.567. The van der Waals surface area contributed by atoms with E-state index in [2.05, 4.69) is 0 Å². The van der Waals surface area contributed by atoms with Gasteiger partial charge in [0, 0.05) is 32.9 Å². The molecule has 22 heavy (non-hydrogen) atoms. The van der Waals surface area contributed by atoms with Gasteiger partial charge in [0.05, 0.1) is 19.8 Å². The van der Waals surface area contributed by atoms with Crippen molar-refractivity contribution in [3.63, 3.8) is 0 Å². The maximum Gasteiger partial charge on any atom is 0.257 e. The van der Waals surface area contributed by atoms with E-state index in [1.54, 1.807) is 37.3 Å². The average Bonchev–Trinajstić information content (AvgIpc) is 2.59. The Morgan fingerprint density at radius 1 is 1.27 bits per heavy atom. The zero-order valence-electron chi connectivity index (χ0n) is 13.6. The second-order valence-corrected chi connectivity index (χ2v) is 5.64. The molecule has 1 amide bonds. The molecule has 0 unspecified atom stereocenters. The molecule has 0 aromatic heterocycles. The summed E-state index contributed by atoms with van der Waals surface area (Å²) >= 11 is 0. The molecule has 2 rings (SSSR count). The van der Waals surface area contributed by atoms with Crippen molar-refractivity contribution in [3.8, 4) is 11.5 Å². The Kier molecular flexibility index (Phi) is 6.07. The lowest BCUT2D eigenvalue weighted by Crippen LogP contribution is -2.30. The van der Waals surface area contributed by atoms with E-state index < -0.39 is 0 Å². The van der Waals surface area contributed by atoms with Crippen LogP contribution in [-0.2, 0) is 4.74 Å². The van der Waals surface area contributed by atoms with Crippen LogP contribution in [-0.4, -0.2) is 51.8 Å². The molecule has 0 aliphatic carbocycles. The largest absolute Gasteiger partial charge is 0.497 e. The zero-order chi connectivity index (χ0) is 15.9. The Morgan fingerprint density at radius 2 is 2.00 bits per heavy atom. The normalized spacial score (nSPS) is 15.4. The molecule has 0 saturated carbocycles. The first kappa shape index (κ1) is 16.6. The average molecular weight is 307 g/mol. The predicted molar refractivity (Wildman–Crippen MR) is 84.7 cm³/mol.